The lowest BCUT2D eigenvalue weighted by atomic mass is 9.97. The van der Waals surface area contributed by atoms with E-state index in [0.717, 1.165) is 6.61 Å². The molecule has 0 spiro atoms. The second-order valence-corrected chi connectivity index (χ2v) is 18.9. The molecule has 1 aromatic rings. The van der Waals surface area contributed by atoms with Crippen molar-refractivity contribution < 1.29 is 4.74 Å². The zero-order valence-corrected chi connectivity index (χ0v) is 16.6. The number of ether oxygens (including phenoxy) is 1. The van der Waals surface area contributed by atoms with E-state index < -0.39 is 16.1 Å². The standard InChI is InChI=1S/C18H30OSi2/c1-20(2,3)16-11-13-12-19-15-10-8-7-9-14(17(13)15)18(16)21(4,5)6/h11,15H,7-10,12H2,1-6H3. The molecular weight excluding hydrogens is 288 g/mol. The molecule has 2 aliphatic rings. The molecule has 1 unspecified atom stereocenters. The van der Waals surface area contributed by atoms with Crippen molar-refractivity contribution in [3.63, 3.8) is 0 Å². The highest BCUT2D eigenvalue weighted by Gasteiger charge is 2.37. The predicted molar refractivity (Wildman–Crippen MR) is 97.5 cm³/mol. The van der Waals surface area contributed by atoms with Crippen molar-refractivity contribution >= 4 is 26.5 Å². The van der Waals surface area contributed by atoms with Crippen LogP contribution in [-0.2, 0) is 17.8 Å². The Hall–Kier alpha value is -0.386. The molecule has 1 nitrogen and oxygen atoms in total. The highest BCUT2D eigenvalue weighted by molar-refractivity contribution is 6.98. The Labute approximate surface area is 132 Å². The van der Waals surface area contributed by atoms with E-state index in [1.54, 1.807) is 21.5 Å². The van der Waals surface area contributed by atoms with Gasteiger partial charge in [-0.1, -0.05) is 62.1 Å². The molecule has 0 radical (unpaired) electrons. The zero-order chi connectivity index (χ0) is 15.4. The van der Waals surface area contributed by atoms with Crippen LogP contribution < -0.4 is 10.4 Å². The summed E-state index contributed by atoms with van der Waals surface area (Å²) in [6.07, 6.45) is 5.60. The second-order valence-electron chi connectivity index (χ2n) is 8.90. The predicted octanol–water partition coefficient (Wildman–Crippen LogP) is 4.07. The van der Waals surface area contributed by atoms with Crippen molar-refractivity contribution in [2.75, 3.05) is 0 Å². The van der Waals surface area contributed by atoms with E-state index in [0.29, 0.717) is 6.10 Å². The van der Waals surface area contributed by atoms with E-state index in [2.05, 4.69) is 45.3 Å². The largest absolute Gasteiger partial charge is 0.369 e. The van der Waals surface area contributed by atoms with Crippen molar-refractivity contribution in [1.29, 1.82) is 0 Å². The lowest BCUT2D eigenvalue weighted by Crippen LogP contribution is -2.58. The first kappa shape index (κ1) is 15.5. The first-order valence-electron chi connectivity index (χ1n) is 8.51. The van der Waals surface area contributed by atoms with Gasteiger partial charge in [0.15, 0.2) is 0 Å². The first-order chi connectivity index (χ1) is 9.69. The van der Waals surface area contributed by atoms with Gasteiger partial charge in [-0.2, -0.15) is 0 Å². The molecule has 116 valence electrons. The summed E-state index contributed by atoms with van der Waals surface area (Å²) in [4.78, 5) is 0. The fourth-order valence-corrected chi connectivity index (χ4v) is 9.98. The van der Waals surface area contributed by atoms with Crippen LogP contribution in [0.3, 0.4) is 0 Å². The molecule has 0 N–H and O–H groups in total. The average Bonchev–Trinajstić information content (AvgIpc) is 2.61. The number of hydrogen-bond acceptors (Lipinski definition) is 1. The third-order valence-electron chi connectivity index (χ3n) is 5.02. The van der Waals surface area contributed by atoms with Crippen molar-refractivity contribution in [2.45, 2.75) is 77.7 Å². The molecular formula is C18H30OSi2. The summed E-state index contributed by atoms with van der Waals surface area (Å²) in [5.74, 6) is 0. The molecule has 1 aliphatic heterocycles. The quantitative estimate of drug-likeness (QED) is 0.747. The highest BCUT2D eigenvalue weighted by Crippen LogP contribution is 2.39. The lowest BCUT2D eigenvalue weighted by molar-refractivity contribution is 0.0596. The Morgan fingerprint density at radius 2 is 1.71 bits per heavy atom. The summed E-state index contributed by atoms with van der Waals surface area (Å²) in [6.45, 7) is 16.0. The molecule has 3 heteroatoms. The molecule has 0 bridgehead atoms. The number of hydrogen-bond donors (Lipinski definition) is 0. The first-order valence-corrected chi connectivity index (χ1v) is 15.5. The van der Waals surface area contributed by atoms with E-state index in [-0.39, 0.29) is 0 Å². The Bertz CT molecular complexity index is 564. The van der Waals surface area contributed by atoms with Gasteiger partial charge in [0.2, 0.25) is 0 Å². The van der Waals surface area contributed by atoms with Crippen LogP contribution in [0.4, 0.5) is 0 Å². The van der Waals surface area contributed by atoms with E-state index in [1.807, 2.05) is 0 Å². The number of rotatable bonds is 2. The minimum Gasteiger partial charge on any atom is -0.369 e. The minimum absolute atomic E-state index is 0.406. The average molecular weight is 319 g/mol. The lowest BCUT2D eigenvalue weighted by Gasteiger charge is -2.32. The molecule has 21 heavy (non-hydrogen) atoms. The van der Waals surface area contributed by atoms with Gasteiger partial charge in [-0.15, -0.1) is 0 Å². The van der Waals surface area contributed by atoms with Gasteiger partial charge in [-0.3, -0.25) is 0 Å². The van der Waals surface area contributed by atoms with Crippen LogP contribution in [-0.4, -0.2) is 16.1 Å². The van der Waals surface area contributed by atoms with Crippen molar-refractivity contribution in [2.24, 2.45) is 0 Å². The van der Waals surface area contributed by atoms with Crippen LogP contribution in [0.2, 0.25) is 39.3 Å². The third kappa shape index (κ3) is 2.68. The molecule has 1 aliphatic carbocycles. The van der Waals surface area contributed by atoms with Crippen molar-refractivity contribution in [3.8, 4) is 0 Å². The van der Waals surface area contributed by atoms with Crippen LogP contribution in [0.5, 0.6) is 0 Å². The fourth-order valence-electron chi connectivity index (χ4n) is 4.18. The molecule has 0 saturated heterocycles. The van der Waals surface area contributed by atoms with Gasteiger partial charge in [-0.05, 0) is 36.0 Å². The second kappa shape index (κ2) is 5.07. The van der Waals surface area contributed by atoms with Crippen LogP contribution >= 0.6 is 0 Å². The molecule has 0 fully saturated rings. The fraction of sp³-hybridized carbons (Fsp3) is 0.667. The van der Waals surface area contributed by atoms with Gasteiger partial charge in [-0.25, -0.2) is 0 Å². The molecule has 0 aromatic heterocycles. The number of benzene rings is 1. The molecule has 0 saturated carbocycles. The smallest absolute Gasteiger partial charge is 0.0835 e. The van der Waals surface area contributed by atoms with Crippen LogP contribution in [0.1, 0.15) is 42.1 Å². The van der Waals surface area contributed by atoms with Gasteiger partial charge < -0.3 is 4.74 Å². The van der Waals surface area contributed by atoms with Crippen molar-refractivity contribution in [3.05, 3.63) is 22.8 Å². The normalized spacial score (nSPS) is 22.1. The maximum atomic E-state index is 6.15. The third-order valence-corrected chi connectivity index (χ3v) is 9.36. The summed E-state index contributed by atoms with van der Waals surface area (Å²) >= 11 is 0. The molecule has 1 aromatic carbocycles. The topological polar surface area (TPSA) is 9.23 Å². The van der Waals surface area contributed by atoms with E-state index in [9.17, 15) is 0 Å². The van der Waals surface area contributed by atoms with Crippen molar-refractivity contribution in [1.82, 2.24) is 0 Å². The maximum absolute atomic E-state index is 6.15. The SMILES string of the molecule is C[Si](C)(C)c1cc2c3c(c1[Si](C)(C)C)CCCCC3OC2. The van der Waals surface area contributed by atoms with E-state index in [4.69, 9.17) is 4.74 Å². The highest BCUT2D eigenvalue weighted by atomic mass is 28.3. The Morgan fingerprint density at radius 3 is 2.33 bits per heavy atom. The van der Waals surface area contributed by atoms with Gasteiger partial charge in [0, 0.05) is 0 Å². The van der Waals surface area contributed by atoms with Gasteiger partial charge in [0.1, 0.15) is 0 Å². The molecule has 3 rings (SSSR count). The Morgan fingerprint density at radius 1 is 1.00 bits per heavy atom. The van der Waals surface area contributed by atoms with Crippen LogP contribution in [0.25, 0.3) is 0 Å². The van der Waals surface area contributed by atoms with Crippen LogP contribution in [0, 0.1) is 0 Å². The summed E-state index contributed by atoms with van der Waals surface area (Å²) < 4.78 is 6.15. The van der Waals surface area contributed by atoms with E-state index in [1.165, 1.54) is 31.2 Å². The van der Waals surface area contributed by atoms with Gasteiger partial charge in [0.25, 0.3) is 0 Å². The van der Waals surface area contributed by atoms with Gasteiger partial charge in [0.05, 0.1) is 28.9 Å². The monoisotopic (exact) mass is 318 g/mol. The summed E-state index contributed by atoms with van der Waals surface area (Å²) in [7, 11) is -2.65. The Balaban J connectivity index is 2.33. The van der Waals surface area contributed by atoms with Crippen LogP contribution in [0.15, 0.2) is 6.07 Å². The summed E-state index contributed by atoms with van der Waals surface area (Å²) in [6, 6.07) is 2.56. The molecule has 1 atom stereocenters. The summed E-state index contributed by atoms with van der Waals surface area (Å²) in [5, 5.41) is 3.54. The molecule has 0 amide bonds. The minimum atomic E-state index is -1.33. The van der Waals surface area contributed by atoms with E-state index >= 15 is 0 Å². The maximum Gasteiger partial charge on any atom is 0.0835 e. The summed E-state index contributed by atoms with van der Waals surface area (Å²) in [5.41, 5.74) is 4.87. The van der Waals surface area contributed by atoms with Gasteiger partial charge >= 0.3 is 0 Å². The zero-order valence-electron chi connectivity index (χ0n) is 14.6. The Kier molecular flexibility index (Phi) is 3.74. The molecule has 1 heterocycles.